The molecule has 1 rings (SSSR count). The molecule has 0 spiro atoms. The second-order valence-electron chi connectivity index (χ2n) is 3.90. The van der Waals surface area contributed by atoms with Crippen LogP contribution in [-0.4, -0.2) is 24.9 Å². The van der Waals surface area contributed by atoms with Gasteiger partial charge in [0.25, 0.3) is 0 Å². The van der Waals surface area contributed by atoms with E-state index in [0.29, 0.717) is 6.61 Å². The average molecular weight is 184 g/mol. The van der Waals surface area contributed by atoms with Crippen LogP contribution >= 0.6 is 0 Å². The monoisotopic (exact) mass is 184 g/mol. The van der Waals surface area contributed by atoms with Gasteiger partial charge in [-0.3, -0.25) is 0 Å². The van der Waals surface area contributed by atoms with E-state index in [1.54, 1.807) is 7.11 Å². The summed E-state index contributed by atoms with van der Waals surface area (Å²) in [6, 6.07) is 0. The van der Waals surface area contributed by atoms with Crippen LogP contribution in [0.25, 0.3) is 0 Å². The summed E-state index contributed by atoms with van der Waals surface area (Å²) in [7, 11) is 1.67. The van der Waals surface area contributed by atoms with Crippen LogP contribution in [0.1, 0.15) is 32.1 Å². The minimum Gasteiger partial charge on any atom is -0.393 e. The van der Waals surface area contributed by atoms with E-state index in [1.807, 2.05) is 0 Å². The first kappa shape index (κ1) is 10.7. The lowest BCUT2D eigenvalue weighted by molar-refractivity contribution is 0.106. The van der Waals surface area contributed by atoms with Crippen LogP contribution in [-0.2, 0) is 4.74 Å². The van der Waals surface area contributed by atoms with Gasteiger partial charge in [0.1, 0.15) is 0 Å². The molecule has 1 saturated carbocycles. The van der Waals surface area contributed by atoms with Gasteiger partial charge < -0.3 is 9.84 Å². The molecule has 1 aliphatic carbocycles. The predicted octanol–water partition coefficient (Wildman–Crippen LogP) is 2.13. The van der Waals surface area contributed by atoms with E-state index in [2.05, 4.69) is 6.58 Å². The van der Waals surface area contributed by atoms with E-state index in [1.165, 1.54) is 12.8 Å². The predicted molar refractivity (Wildman–Crippen MR) is 53.6 cm³/mol. The van der Waals surface area contributed by atoms with Crippen molar-refractivity contribution in [3.8, 4) is 0 Å². The number of aliphatic hydroxyl groups excluding tert-OH is 1. The first-order chi connectivity index (χ1) is 6.25. The Kier molecular flexibility index (Phi) is 4.46. The summed E-state index contributed by atoms with van der Waals surface area (Å²) in [4.78, 5) is 0. The topological polar surface area (TPSA) is 29.5 Å². The summed E-state index contributed by atoms with van der Waals surface area (Å²) < 4.78 is 5.04. The Balaban J connectivity index is 2.48. The fourth-order valence-electron chi connectivity index (χ4n) is 2.06. The molecule has 0 saturated heterocycles. The second kappa shape index (κ2) is 5.40. The number of ether oxygens (including phenoxy) is 1. The summed E-state index contributed by atoms with van der Waals surface area (Å²) >= 11 is 0. The molecule has 0 aromatic carbocycles. The van der Waals surface area contributed by atoms with Gasteiger partial charge in [-0.25, -0.2) is 0 Å². The third-order valence-corrected chi connectivity index (χ3v) is 2.83. The highest BCUT2D eigenvalue weighted by atomic mass is 16.5. The van der Waals surface area contributed by atoms with Crippen molar-refractivity contribution in [1.82, 2.24) is 0 Å². The zero-order valence-electron chi connectivity index (χ0n) is 8.46. The number of methoxy groups -OCH3 is 1. The van der Waals surface area contributed by atoms with Crippen molar-refractivity contribution < 1.29 is 9.84 Å². The lowest BCUT2D eigenvalue weighted by Gasteiger charge is -2.22. The minimum atomic E-state index is -0.190. The Hall–Kier alpha value is -0.340. The molecule has 13 heavy (non-hydrogen) atoms. The fourth-order valence-corrected chi connectivity index (χ4v) is 2.06. The fraction of sp³-hybridized carbons (Fsp3) is 0.818. The standard InChI is InChI=1S/C11H20O2/c1-9(8-13-2)10-6-4-3-5-7-11(10)12/h10-12H,1,3-8H2,2H3. The van der Waals surface area contributed by atoms with Crippen molar-refractivity contribution in [3.63, 3.8) is 0 Å². The molecule has 2 heteroatoms. The van der Waals surface area contributed by atoms with Crippen LogP contribution in [0.15, 0.2) is 12.2 Å². The molecule has 0 amide bonds. The zero-order valence-corrected chi connectivity index (χ0v) is 8.46. The van der Waals surface area contributed by atoms with E-state index >= 15 is 0 Å². The van der Waals surface area contributed by atoms with Crippen molar-refractivity contribution in [2.24, 2.45) is 5.92 Å². The normalized spacial score (nSPS) is 29.7. The van der Waals surface area contributed by atoms with Crippen LogP contribution in [0.4, 0.5) is 0 Å². The Morgan fingerprint density at radius 3 is 2.77 bits per heavy atom. The van der Waals surface area contributed by atoms with Crippen molar-refractivity contribution in [2.45, 2.75) is 38.2 Å². The van der Waals surface area contributed by atoms with E-state index in [0.717, 1.165) is 24.8 Å². The number of hydrogen-bond acceptors (Lipinski definition) is 2. The third-order valence-electron chi connectivity index (χ3n) is 2.83. The van der Waals surface area contributed by atoms with Gasteiger partial charge >= 0.3 is 0 Å². The van der Waals surface area contributed by atoms with Gasteiger partial charge in [0.05, 0.1) is 12.7 Å². The summed E-state index contributed by atoms with van der Waals surface area (Å²) in [5.41, 5.74) is 1.05. The molecule has 0 heterocycles. The summed E-state index contributed by atoms with van der Waals surface area (Å²) in [5, 5.41) is 9.83. The highest BCUT2D eigenvalue weighted by molar-refractivity contribution is 5.04. The zero-order chi connectivity index (χ0) is 9.68. The molecule has 1 fully saturated rings. The molecule has 76 valence electrons. The van der Waals surface area contributed by atoms with Crippen molar-refractivity contribution >= 4 is 0 Å². The Morgan fingerprint density at radius 2 is 2.08 bits per heavy atom. The van der Waals surface area contributed by atoms with Gasteiger partial charge in [0, 0.05) is 13.0 Å². The first-order valence-electron chi connectivity index (χ1n) is 5.10. The number of aliphatic hydroxyl groups is 1. The van der Waals surface area contributed by atoms with E-state index < -0.39 is 0 Å². The van der Waals surface area contributed by atoms with E-state index in [9.17, 15) is 5.11 Å². The Labute approximate surface area is 80.6 Å². The SMILES string of the molecule is C=C(COC)C1CCCCCC1O. The smallest absolute Gasteiger partial charge is 0.0674 e. The van der Waals surface area contributed by atoms with Crippen LogP contribution < -0.4 is 0 Å². The third kappa shape index (κ3) is 3.12. The maximum atomic E-state index is 9.83. The van der Waals surface area contributed by atoms with Gasteiger partial charge in [0.2, 0.25) is 0 Å². The first-order valence-corrected chi connectivity index (χ1v) is 5.10. The van der Waals surface area contributed by atoms with Gasteiger partial charge in [-0.2, -0.15) is 0 Å². The largest absolute Gasteiger partial charge is 0.393 e. The number of hydrogen-bond donors (Lipinski definition) is 1. The maximum absolute atomic E-state index is 9.83. The van der Waals surface area contributed by atoms with Gasteiger partial charge in [0.15, 0.2) is 0 Å². The van der Waals surface area contributed by atoms with Crippen LogP contribution in [0.5, 0.6) is 0 Å². The second-order valence-corrected chi connectivity index (χ2v) is 3.90. The molecule has 1 aliphatic rings. The Bertz CT molecular complexity index is 165. The highest BCUT2D eigenvalue weighted by Crippen LogP contribution is 2.28. The molecule has 0 bridgehead atoms. The van der Waals surface area contributed by atoms with Crippen molar-refractivity contribution in [2.75, 3.05) is 13.7 Å². The highest BCUT2D eigenvalue weighted by Gasteiger charge is 2.23. The molecule has 0 aromatic heterocycles. The molecule has 1 N–H and O–H groups in total. The quantitative estimate of drug-likeness (QED) is 0.538. The summed E-state index contributed by atoms with van der Waals surface area (Å²) in [6.07, 6.45) is 5.41. The van der Waals surface area contributed by atoms with Crippen LogP contribution in [0.2, 0.25) is 0 Å². The van der Waals surface area contributed by atoms with Gasteiger partial charge in [-0.1, -0.05) is 25.8 Å². The summed E-state index contributed by atoms with van der Waals surface area (Å²) in [6.45, 7) is 4.56. The molecule has 0 radical (unpaired) electrons. The molecule has 2 nitrogen and oxygen atoms in total. The van der Waals surface area contributed by atoms with Crippen LogP contribution in [0.3, 0.4) is 0 Å². The van der Waals surface area contributed by atoms with Gasteiger partial charge in [-0.15, -0.1) is 0 Å². The minimum absolute atomic E-state index is 0.190. The lowest BCUT2D eigenvalue weighted by atomic mass is 9.90. The van der Waals surface area contributed by atoms with E-state index in [4.69, 9.17) is 4.74 Å². The van der Waals surface area contributed by atoms with E-state index in [-0.39, 0.29) is 12.0 Å². The molecule has 0 aliphatic heterocycles. The summed E-state index contributed by atoms with van der Waals surface area (Å²) in [5.74, 6) is 0.266. The van der Waals surface area contributed by atoms with Crippen molar-refractivity contribution in [1.29, 1.82) is 0 Å². The molecule has 2 atom stereocenters. The maximum Gasteiger partial charge on any atom is 0.0674 e. The average Bonchev–Trinajstić information content (AvgIpc) is 2.30. The molecule has 2 unspecified atom stereocenters. The number of rotatable bonds is 3. The Morgan fingerprint density at radius 1 is 1.38 bits per heavy atom. The lowest BCUT2D eigenvalue weighted by Crippen LogP contribution is -2.22. The molecule has 0 aromatic rings. The van der Waals surface area contributed by atoms with Gasteiger partial charge in [-0.05, 0) is 18.4 Å². The molecular formula is C11H20O2. The van der Waals surface area contributed by atoms with Crippen LogP contribution in [0, 0.1) is 5.92 Å². The van der Waals surface area contributed by atoms with Crippen molar-refractivity contribution in [3.05, 3.63) is 12.2 Å². The molecular weight excluding hydrogens is 164 g/mol.